The van der Waals surface area contributed by atoms with E-state index in [4.69, 9.17) is 0 Å². The predicted molar refractivity (Wildman–Crippen MR) is 54.7 cm³/mol. The molecule has 0 aromatic heterocycles. The minimum atomic E-state index is 0.180. The summed E-state index contributed by atoms with van der Waals surface area (Å²) < 4.78 is 0. The van der Waals surface area contributed by atoms with Gasteiger partial charge in [-0.25, -0.2) is 0 Å². The Morgan fingerprint density at radius 3 is 2.38 bits per heavy atom. The Balaban J connectivity index is 2.47. The highest BCUT2D eigenvalue weighted by molar-refractivity contribution is 5.86. The van der Waals surface area contributed by atoms with Gasteiger partial charge in [-0.15, -0.1) is 0 Å². The van der Waals surface area contributed by atoms with E-state index in [1.165, 1.54) is 25.7 Å². The van der Waals surface area contributed by atoms with Gasteiger partial charge in [0.25, 0.3) is 0 Å². The molecule has 1 N–H and O–H groups in total. The van der Waals surface area contributed by atoms with Gasteiger partial charge in [-0.2, -0.15) is 0 Å². The Bertz CT molecular complexity index is 161. The van der Waals surface area contributed by atoms with E-state index in [1.807, 2.05) is 0 Å². The van der Waals surface area contributed by atoms with Gasteiger partial charge >= 0.3 is 0 Å². The molecule has 1 aliphatic heterocycles. The second-order valence-electron chi connectivity index (χ2n) is 3.99. The van der Waals surface area contributed by atoms with Crippen molar-refractivity contribution in [2.45, 2.75) is 52.0 Å². The van der Waals surface area contributed by atoms with E-state index in [2.05, 4.69) is 19.2 Å². The number of Topliss-reactive ketones (excluding diaryl/α,β-unsaturated/α-hetero) is 1. The predicted octanol–water partition coefficient (Wildman–Crippen LogP) is 2.13. The molecule has 0 radical (unpaired) electrons. The topological polar surface area (TPSA) is 29.1 Å². The first-order valence-corrected chi connectivity index (χ1v) is 5.55. The Morgan fingerprint density at radius 2 is 2.00 bits per heavy atom. The zero-order valence-corrected chi connectivity index (χ0v) is 8.81. The normalized spacial score (nSPS) is 23.0. The van der Waals surface area contributed by atoms with Gasteiger partial charge in [-0.3, -0.25) is 4.79 Å². The van der Waals surface area contributed by atoms with E-state index >= 15 is 0 Å². The molecule has 1 aliphatic rings. The molecule has 13 heavy (non-hydrogen) atoms. The number of rotatable bonds is 5. The summed E-state index contributed by atoms with van der Waals surface area (Å²) in [6.07, 6.45) is 5.51. The highest BCUT2D eigenvalue weighted by Gasteiger charge is 2.30. The molecule has 0 aromatic carbocycles. The summed E-state index contributed by atoms with van der Waals surface area (Å²) in [7, 11) is 0. The van der Waals surface area contributed by atoms with Crippen molar-refractivity contribution in [2.24, 2.45) is 5.92 Å². The van der Waals surface area contributed by atoms with Crippen LogP contribution >= 0.6 is 0 Å². The number of carbonyl (C=O) groups excluding carboxylic acids is 1. The molecule has 0 bridgehead atoms. The quantitative estimate of drug-likeness (QED) is 0.707. The number of ketones is 1. The first-order valence-electron chi connectivity index (χ1n) is 5.55. The fraction of sp³-hybridized carbons (Fsp3) is 0.909. The smallest absolute Gasteiger partial charge is 0.151 e. The standard InChI is InChI=1S/C11H21NO/c1-3-5-9(6-4-2)11-10(13)7-8-12-11/h9,11-12H,3-8H2,1-2H3. The SMILES string of the molecule is CCCC(CCC)C1NCCC1=O. The van der Waals surface area contributed by atoms with Crippen molar-refractivity contribution < 1.29 is 4.79 Å². The van der Waals surface area contributed by atoms with Gasteiger partial charge in [0.2, 0.25) is 0 Å². The molecule has 1 fully saturated rings. The average Bonchev–Trinajstić information content (AvgIpc) is 2.51. The van der Waals surface area contributed by atoms with Crippen LogP contribution in [-0.2, 0) is 4.79 Å². The minimum absolute atomic E-state index is 0.180. The molecule has 1 rings (SSSR count). The maximum atomic E-state index is 11.5. The van der Waals surface area contributed by atoms with Crippen LogP contribution in [0.5, 0.6) is 0 Å². The van der Waals surface area contributed by atoms with Gasteiger partial charge in [-0.05, 0) is 18.8 Å². The van der Waals surface area contributed by atoms with Crippen LogP contribution < -0.4 is 5.32 Å². The van der Waals surface area contributed by atoms with Crippen LogP contribution in [0.25, 0.3) is 0 Å². The molecule has 1 heterocycles. The van der Waals surface area contributed by atoms with E-state index in [-0.39, 0.29) is 6.04 Å². The highest BCUT2D eigenvalue weighted by Crippen LogP contribution is 2.21. The van der Waals surface area contributed by atoms with E-state index in [9.17, 15) is 4.79 Å². The molecule has 2 heteroatoms. The summed E-state index contributed by atoms with van der Waals surface area (Å²) in [5.74, 6) is 1.02. The molecule has 1 unspecified atom stereocenters. The van der Waals surface area contributed by atoms with Gasteiger partial charge in [-0.1, -0.05) is 26.7 Å². The van der Waals surface area contributed by atoms with Crippen molar-refractivity contribution in [3.05, 3.63) is 0 Å². The third-order valence-corrected chi connectivity index (χ3v) is 2.87. The number of carbonyl (C=O) groups is 1. The minimum Gasteiger partial charge on any atom is -0.307 e. The van der Waals surface area contributed by atoms with Crippen LogP contribution in [0, 0.1) is 5.92 Å². The fourth-order valence-electron chi connectivity index (χ4n) is 2.27. The van der Waals surface area contributed by atoms with Crippen molar-refractivity contribution in [1.82, 2.24) is 5.32 Å². The van der Waals surface area contributed by atoms with E-state index < -0.39 is 0 Å². The summed E-state index contributed by atoms with van der Waals surface area (Å²) in [5.41, 5.74) is 0. The molecule has 76 valence electrons. The van der Waals surface area contributed by atoms with Crippen molar-refractivity contribution in [2.75, 3.05) is 6.54 Å². The Hall–Kier alpha value is -0.370. The Kier molecular flexibility index (Phi) is 4.43. The van der Waals surface area contributed by atoms with Gasteiger partial charge in [0, 0.05) is 13.0 Å². The Morgan fingerprint density at radius 1 is 1.38 bits per heavy atom. The number of hydrogen-bond acceptors (Lipinski definition) is 2. The Labute approximate surface area is 81.1 Å². The van der Waals surface area contributed by atoms with Crippen LogP contribution in [0.1, 0.15) is 46.0 Å². The molecular weight excluding hydrogens is 162 g/mol. The van der Waals surface area contributed by atoms with Crippen LogP contribution in [-0.4, -0.2) is 18.4 Å². The van der Waals surface area contributed by atoms with Gasteiger partial charge < -0.3 is 5.32 Å². The highest BCUT2D eigenvalue weighted by atomic mass is 16.1. The second-order valence-corrected chi connectivity index (χ2v) is 3.99. The van der Waals surface area contributed by atoms with Crippen molar-refractivity contribution in [1.29, 1.82) is 0 Å². The lowest BCUT2D eigenvalue weighted by molar-refractivity contribution is -0.119. The van der Waals surface area contributed by atoms with Gasteiger partial charge in [0.1, 0.15) is 0 Å². The molecular formula is C11H21NO. The summed E-state index contributed by atoms with van der Waals surface area (Å²) in [6, 6.07) is 0.180. The summed E-state index contributed by atoms with van der Waals surface area (Å²) in [5, 5.41) is 3.33. The van der Waals surface area contributed by atoms with Gasteiger partial charge in [0.15, 0.2) is 5.78 Å². The third-order valence-electron chi connectivity index (χ3n) is 2.87. The van der Waals surface area contributed by atoms with Crippen LogP contribution in [0.15, 0.2) is 0 Å². The summed E-state index contributed by atoms with van der Waals surface area (Å²) >= 11 is 0. The molecule has 0 aliphatic carbocycles. The third kappa shape index (κ3) is 2.80. The maximum absolute atomic E-state index is 11.5. The van der Waals surface area contributed by atoms with Crippen LogP contribution in [0.2, 0.25) is 0 Å². The molecule has 0 aromatic rings. The zero-order valence-electron chi connectivity index (χ0n) is 8.81. The lowest BCUT2D eigenvalue weighted by atomic mass is 9.89. The molecule has 2 nitrogen and oxygen atoms in total. The molecule has 0 spiro atoms. The van der Waals surface area contributed by atoms with Crippen molar-refractivity contribution in [3.63, 3.8) is 0 Å². The molecule has 1 saturated heterocycles. The number of hydrogen-bond donors (Lipinski definition) is 1. The number of nitrogens with one attached hydrogen (secondary N) is 1. The fourth-order valence-corrected chi connectivity index (χ4v) is 2.27. The first-order chi connectivity index (χ1) is 6.29. The van der Waals surface area contributed by atoms with Crippen molar-refractivity contribution in [3.8, 4) is 0 Å². The summed E-state index contributed by atoms with van der Waals surface area (Å²) in [6.45, 7) is 5.29. The lowest BCUT2D eigenvalue weighted by Crippen LogP contribution is -2.35. The van der Waals surface area contributed by atoms with E-state index in [1.54, 1.807) is 0 Å². The average molecular weight is 183 g/mol. The largest absolute Gasteiger partial charge is 0.307 e. The van der Waals surface area contributed by atoms with Crippen molar-refractivity contribution >= 4 is 5.78 Å². The molecule has 1 atom stereocenters. The molecule has 0 amide bonds. The lowest BCUT2D eigenvalue weighted by Gasteiger charge is -2.21. The van der Waals surface area contributed by atoms with E-state index in [0.717, 1.165) is 13.0 Å². The van der Waals surface area contributed by atoms with Crippen LogP contribution in [0.4, 0.5) is 0 Å². The maximum Gasteiger partial charge on any atom is 0.151 e. The zero-order chi connectivity index (χ0) is 9.68. The second kappa shape index (κ2) is 5.38. The monoisotopic (exact) mass is 183 g/mol. The first kappa shape index (κ1) is 10.7. The van der Waals surface area contributed by atoms with E-state index in [0.29, 0.717) is 11.7 Å². The van der Waals surface area contributed by atoms with Gasteiger partial charge in [0.05, 0.1) is 6.04 Å². The molecule has 0 saturated carbocycles. The van der Waals surface area contributed by atoms with Crippen LogP contribution in [0.3, 0.4) is 0 Å². The summed E-state index contributed by atoms with van der Waals surface area (Å²) in [4.78, 5) is 11.5.